The highest BCUT2D eigenvalue weighted by Crippen LogP contribution is 2.41. The molecule has 1 aliphatic rings. The number of aromatic nitrogens is 2. The number of hydrogen-bond acceptors (Lipinski definition) is 2. The Morgan fingerprint density at radius 2 is 1.85 bits per heavy atom. The zero-order chi connectivity index (χ0) is 18.8. The third-order valence-electron chi connectivity index (χ3n) is 5.23. The van der Waals surface area contributed by atoms with Gasteiger partial charge in [0, 0.05) is 30.3 Å². The topological polar surface area (TPSA) is 33.1 Å². The van der Waals surface area contributed by atoms with Gasteiger partial charge in [0.25, 0.3) is 0 Å². The average molecular weight is 377 g/mol. The van der Waals surface area contributed by atoms with Crippen LogP contribution < -0.4 is 10.2 Å². The fourth-order valence-corrected chi connectivity index (χ4v) is 4.16. The number of hydrogen-bond donors (Lipinski definition) is 1. The number of thiocarbonyl (C=S) groups is 1. The maximum absolute atomic E-state index is 5.77. The molecule has 0 saturated carbocycles. The molecule has 3 heterocycles. The molecule has 3 aromatic rings. The summed E-state index contributed by atoms with van der Waals surface area (Å²) in [6, 6.07) is 19.1. The quantitative estimate of drug-likeness (QED) is 0.658. The monoisotopic (exact) mass is 376 g/mol. The van der Waals surface area contributed by atoms with Gasteiger partial charge in [-0.1, -0.05) is 25.1 Å². The van der Waals surface area contributed by atoms with Crippen molar-refractivity contribution in [3.63, 3.8) is 0 Å². The van der Waals surface area contributed by atoms with Gasteiger partial charge < -0.3 is 14.8 Å². The van der Waals surface area contributed by atoms with E-state index in [2.05, 4.69) is 82.3 Å². The molecule has 0 aliphatic carbocycles. The molecule has 1 aliphatic heterocycles. The number of nitrogens with zero attached hydrogens (tertiary/aromatic N) is 3. The first-order chi connectivity index (χ1) is 13.2. The van der Waals surface area contributed by atoms with Crippen LogP contribution in [0.4, 0.5) is 5.69 Å². The predicted molar refractivity (Wildman–Crippen MR) is 114 cm³/mol. The van der Waals surface area contributed by atoms with Gasteiger partial charge in [-0.3, -0.25) is 4.98 Å². The minimum absolute atomic E-state index is 0.00440. The largest absolute Gasteiger partial charge is 0.351 e. The van der Waals surface area contributed by atoms with Gasteiger partial charge >= 0.3 is 0 Å². The van der Waals surface area contributed by atoms with Gasteiger partial charge in [0.05, 0.1) is 11.7 Å². The Kier molecular flexibility index (Phi) is 4.94. The standard InChI is InChI=1S/C22H24N4S/c1-3-16-10-12-17(13-11-16)26-21(19-9-7-15-25(19)4-2)20(24-22(26)27)18-8-5-6-14-23-18/h5-15,20-21H,3-4H2,1-2H3,(H,24,27)/t20-,21+/m0/s1. The van der Waals surface area contributed by atoms with E-state index in [1.807, 2.05) is 18.3 Å². The minimum atomic E-state index is 0.00440. The lowest BCUT2D eigenvalue weighted by Crippen LogP contribution is -2.30. The normalized spacial score (nSPS) is 19.3. The Morgan fingerprint density at radius 1 is 1.04 bits per heavy atom. The van der Waals surface area contributed by atoms with Crippen molar-refractivity contribution in [1.29, 1.82) is 0 Å². The van der Waals surface area contributed by atoms with E-state index in [9.17, 15) is 0 Å². The number of pyridine rings is 1. The van der Waals surface area contributed by atoms with E-state index in [-0.39, 0.29) is 12.1 Å². The van der Waals surface area contributed by atoms with E-state index < -0.39 is 0 Å². The summed E-state index contributed by atoms with van der Waals surface area (Å²) in [5.41, 5.74) is 4.67. The van der Waals surface area contributed by atoms with E-state index in [0.717, 1.165) is 29.5 Å². The Bertz CT molecular complexity index is 917. The molecular weight excluding hydrogens is 352 g/mol. The Labute approximate surface area is 165 Å². The van der Waals surface area contributed by atoms with Crippen molar-refractivity contribution in [2.45, 2.75) is 38.9 Å². The van der Waals surface area contributed by atoms with Gasteiger partial charge in [-0.15, -0.1) is 0 Å². The number of nitrogens with one attached hydrogen (secondary N) is 1. The van der Waals surface area contributed by atoms with Crippen LogP contribution in [0.2, 0.25) is 0 Å². The van der Waals surface area contributed by atoms with Crippen molar-refractivity contribution >= 4 is 23.0 Å². The molecule has 138 valence electrons. The summed E-state index contributed by atoms with van der Waals surface area (Å²) in [5, 5.41) is 4.26. The van der Waals surface area contributed by atoms with Crippen molar-refractivity contribution in [3.05, 3.63) is 83.9 Å². The highest BCUT2D eigenvalue weighted by atomic mass is 32.1. The molecule has 27 heavy (non-hydrogen) atoms. The molecule has 4 nitrogen and oxygen atoms in total. The van der Waals surface area contributed by atoms with E-state index in [0.29, 0.717) is 0 Å². The number of anilines is 1. The first-order valence-electron chi connectivity index (χ1n) is 9.47. The predicted octanol–water partition coefficient (Wildman–Crippen LogP) is 4.64. The van der Waals surface area contributed by atoms with Crippen LogP contribution in [0.25, 0.3) is 0 Å². The second-order valence-corrected chi connectivity index (χ2v) is 7.12. The minimum Gasteiger partial charge on any atom is -0.351 e. The third kappa shape index (κ3) is 3.23. The van der Waals surface area contributed by atoms with Crippen molar-refractivity contribution in [2.75, 3.05) is 4.90 Å². The summed E-state index contributed by atoms with van der Waals surface area (Å²) in [4.78, 5) is 6.84. The van der Waals surface area contributed by atoms with Gasteiger partial charge in [-0.25, -0.2) is 0 Å². The molecule has 1 fully saturated rings. The summed E-state index contributed by atoms with van der Waals surface area (Å²) in [7, 11) is 0. The number of rotatable bonds is 5. The second kappa shape index (κ2) is 7.53. The first-order valence-corrected chi connectivity index (χ1v) is 9.88. The summed E-state index contributed by atoms with van der Waals surface area (Å²) in [6.07, 6.45) is 5.00. The van der Waals surface area contributed by atoms with Crippen LogP contribution in [-0.4, -0.2) is 14.7 Å². The Balaban J connectivity index is 1.81. The molecule has 0 bridgehead atoms. The lowest BCUT2D eigenvalue weighted by Gasteiger charge is -2.29. The molecule has 0 radical (unpaired) electrons. The van der Waals surface area contributed by atoms with E-state index in [1.165, 1.54) is 11.3 Å². The van der Waals surface area contributed by atoms with Gasteiger partial charge in [0.2, 0.25) is 0 Å². The SMILES string of the molecule is CCc1ccc(N2C(=S)N[C@@H](c3ccccn3)[C@H]2c2cccn2CC)cc1. The van der Waals surface area contributed by atoms with E-state index >= 15 is 0 Å². The lowest BCUT2D eigenvalue weighted by molar-refractivity contribution is 0.529. The highest BCUT2D eigenvalue weighted by Gasteiger charge is 2.41. The molecule has 4 rings (SSSR count). The fourth-order valence-electron chi connectivity index (χ4n) is 3.81. The summed E-state index contributed by atoms with van der Waals surface area (Å²) < 4.78 is 2.28. The molecular formula is C22H24N4S. The van der Waals surface area contributed by atoms with Crippen molar-refractivity contribution < 1.29 is 0 Å². The fraction of sp³-hybridized carbons (Fsp3) is 0.273. The van der Waals surface area contributed by atoms with Gasteiger partial charge in [-0.05, 0) is 67.5 Å². The van der Waals surface area contributed by atoms with E-state index in [4.69, 9.17) is 12.2 Å². The van der Waals surface area contributed by atoms with Crippen molar-refractivity contribution in [3.8, 4) is 0 Å². The van der Waals surface area contributed by atoms with Gasteiger partial charge in [0.1, 0.15) is 6.04 Å². The Hall–Kier alpha value is -2.66. The third-order valence-corrected chi connectivity index (χ3v) is 5.54. The zero-order valence-corrected chi connectivity index (χ0v) is 16.5. The molecule has 2 atom stereocenters. The Morgan fingerprint density at radius 3 is 2.52 bits per heavy atom. The summed E-state index contributed by atoms with van der Waals surface area (Å²) in [6.45, 7) is 5.26. The van der Waals surface area contributed by atoms with Crippen LogP contribution in [-0.2, 0) is 13.0 Å². The van der Waals surface area contributed by atoms with Crippen LogP contribution in [0, 0.1) is 0 Å². The van der Waals surface area contributed by atoms with Crippen LogP contribution in [0.1, 0.15) is 42.9 Å². The number of aryl methyl sites for hydroxylation is 2. The van der Waals surface area contributed by atoms with Crippen molar-refractivity contribution in [1.82, 2.24) is 14.9 Å². The maximum Gasteiger partial charge on any atom is 0.174 e. The molecule has 0 spiro atoms. The molecule has 2 aromatic heterocycles. The average Bonchev–Trinajstić information content (AvgIpc) is 3.32. The molecule has 1 saturated heterocycles. The molecule has 0 amide bonds. The van der Waals surface area contributed by atoms with Crippen molar-refractivity contribution in [2.24, 2.45) is 0 Å². The summed E-state index contributed by atoms with van der Waals surface area (Å²) >= 11 is 5.77. The highest BCUT2D eigenvalue weighted by molar-refractivity contribution is 7.80. The number of benzene rings is 1. The van der Waals surface area contributed by atoms with Crippen LogP contribution >= 0.6 is 12.2 Å². The summed E-state index contributed by atoms with van der Waals surface area (Å²) in [5.74, 6) is 0. The second-order valence-electron chi connectivity index (χ2n) is 6.74. The molecule has 5 heteroatoms. The molecule has 0 unspecified atom stereocenters. The zero-order valence-electron chi connectivity index (χ0n) is 15.7. The first kappa shape index (κ1) is 17.7. The maximum atomic E-state index is 5.77. The molecule has 1 N–H and O–H groups in total. The van der Waals surface area contributed by atoms with E-state index in [1.54, 1.807) is 0 Å². The lowest BCUT2D eigenvalue weighted by atomic mass is 10.0. The van der Waals surface area contributed by atoms with Crippen LogP contribution in [0.5, 0.6) is 0 Å². The molecule has 1 aromatic carbocycles. The smallest absolute Gasteiger partial charge is 0.174 e. The van der Waals surface area contributed by atoms with Crippen LogP contribution in [0.3, 0.4) is 0 Å². The van der Waals surface area contributed by atoms with Crippen LogP contribution in [0.15, 0.2) is 67.0 Å². The van der Waals surface area contributed by atoms with Gasteiger partial charge in [-0.2, -0.15) is 0 Å². The van der Waals surface area contributed by atoms with Gasteiger partial charge in [0.15, 0.2) is 5.11 Å².